The molecule has 2 heterocycles. The van der Waals surface area contributed by atoms with Crippen LogP contribution in [0, 0.1) is 0 Å². The quantitative estimate of drug-likeness (QED) is 0.229. The first kappa shape index (κ1) is 23.4. The molecule has 0 atom stereocenters. The van der Waals surface area contributed by atoms with Gasteiger partial charge < -0.3 is 9.13 Å². The van der Waals surface area contributed by atoms with Gasteiger partial charge >= 0.3 is 0 Å². The second-order valence-electron chi connectivity index (χ2n) is 9.22. The maximum absolute atomic E-state index is 13.0. The number of imidazole rings is 2. The van der Waals surface area contributed by atoms with E-state index in [0.717, 1.165) is 44.8 Å². The van der Waals surface area contributed by atoms with Crippen LogP contribution in [0.25, 0.3) is 44.8 Å². The molecule has 6 rings (SSSR count). The minimum atomic E-state index is 0.0746. The normalized spacial score (nSPS) is 10.9. The molecule has 38 heavy (non-hydrogen) atoms. The molecule has 184 valence electrons. The van der Waals surface area contributed by atoms with Gasteiger partial charge in [-0.3, -0.25) is 4.79 Å². The molecule has 0 saturated heterocycles. The molecule has 0 radical (unpaired) electrons. The molecular weight excluding hydrogens is 468 g/mol. The van der Waals surface area contributed by atoms with Crippen LogP contribution < -0.4 is 0 Å². The minimum absolute atomic E-state index is 0.0746. The highest BCUT2D eigenvalue weighted by Gasteiger charge is 2.13. The number of Topliss-reactive ketones (excluding diaryl/α,β-unsaturated/α-hetero) is 1. The molecule has 6 aromatic rings. The van der Waals surface area contributed by atoms with Crippen molar-refractivity contribution in [3.8, 4) is 44.8 Å². The van der Waals surface area contributed by atoms with Gasteiger partial charge in [-0.1, -0.05) is 109 Å². The number of ketones is 1. The summed E-state index contributed by atoms with van der Waals surface area (Å²) in [5.74, 6) is 0.0746. The summed E-state index contributed by atoms with van der Waals surface area (Å²) in [6.07, 6.45) is 7.33. The van der Waals surface area contributed by atoms with E-state index in [1.54, 1.807) is 12.7 Å². The molecule has 0 amide bonds. The fraction of sp³-hybridized carbons (Fsp3) is 0.0606. The Labute approximate surface area is 221 Å². The lowest BCUT2D eigenvalue weighted by atomic mass is 9.98. The fourth-order valence-corrected chi connectivity index (χ4v) is 4.78. The molecule has 0 fully saturated rings. The molecule has 5 nitrogen and oxygen atoms in total. The molecule has 0 N–H and O–H groups in total. The molecule has 4 aromatic carbocycles. The lowest BCUT2D eigenvalue weighted by Crippen LogP contribution is -2.14. The summed E-state index contributed by atoms with van der Waals surface area (Å²) in [4.78, 5) is 22.2. The Kier molecular flexibility index (Phi) is 6.48. The van der Waals surface area contributed by atoms with Gasteiger partial charge in [0.2, 0.25) is 0 Å². The SMILES string of the molecule is O=C(Cn1cnc(-c2ccccc2-c2ccccc2)c1)Cn1cnc(-c2ccccc2-c2ccccc2)c1. The third-order valence-electron chi connectivity index (χ3n) is 6.56. The molecule has 2 aromatic heterocycles. The Morgan fingerprint density at radius 2 is 0.868 bits per heavy atom. The van der Waals surface area contributed by atoms with Crippen LogP contribution in [0.3, 0.4) is 0 Å². The van der Waals surface area contributed by atoms with Crippen LogP contribution in [-0.2, 0) is 17.9 Å². The van der Waals surface area contributed by atoms with Crippen LogP contribution >= 0.6 is 0 Å². The molecular formula is C33H26N4O. The Balaban J connectivity index is 1.17. The number of hydrogen-bond donors (Lipinski definition) is 0. The summed E-state index contributed by atoms with van der Waals surface area (Å²) in [5, 5.41) is 0. The fourth-order valence-electron chi connectivity index (χ4n) is 4.78. The van der Waals surface area contributed by atoms with Crippen molar-refractivity contribution >= 4 is 5.78 Å². The average molecular weight is 495 g/mol. The number of rotatable bonds is 8. The Bertz CT molecular complexity index is 1560. The Hall–Kier alpha value is -5.03. The van der Waals surface area contributed by atoms with Gasteiger partial charge in [0.1, 0.15) is 0 Å². The number of nitrogens with zero attached hydrogens (tertiary/aromatic N) is 4. The van der Waals surface area contributed by atoms with Crippen molar-refractivity contribution in [1.82, 2.24) is 19.1 Å². The molecule has 5 heteroatoms. The number of hydrogen-bond acceptors (Lipinski definition) is 3. The first-order chi connectivity index (χ1) is 18.7. The van der Waals surface area contributed by atoms with Crippen molar-refractivity contribution in [2.45, 2.75) is 13.1 Å². The maximum Gasteiger partial charge on any atom is 0.172 e. The number of carbonyl (C=O) groups is 1. The first-order valence-electron chi connectivity index (χ1n) is 12.6. The third kappa shape index (κ3) is 4.95. The van der Waals surface area contributed by atoms with Gasteiger partial charge in [-0.05, 0) is 22.3 Å². The summed E-state index contributed by atoms with van der Waals surface area (Å²) >= 11 is 0. The monoisotopic (exact) mass is 494 g/mol. The lowest BCUT2D eigenvalue weighted by molar-refractivity contribution is -0.120. The van der Waals surface area contributed by atoms with Crippen LogP contribution in [0.15, 0.2) is 134 Å². The van der Waals surface area contributed by atoms with E-state index in [9.17, 15) is 4.79 Å². The van der Waals surface area contributed by atoms with Crippen LogP contribution in [-0.4, -0.2) is 24.9 Å². The van der Waals surface area contributed by atoms with Gasteiger partial charge in [-0.2, -0.15) is 0 Å². The number of benzene rings is 4. The standard InChI is InChI=1S/C33H26N4O/c38-27(19-36-21-32(34-23-36)30-17-9-7-15-28(30)25-11-3-1-4-12-25)20-37-22-33(35-24-37)31-18-10-8-16-29(31)26-13-5-2-6-14-26/h1-18,21-24H,19-20H2. The van der Waals surface area contributed by atoms with Gasteiger partial charge in [0.05, 0.1) is 37.1 Å². The van der Waals surface area contributed by atoms with E-state index in [2.05, 4.69) is 58.5 Å². The van der Waals surface area contributed by atoms with Crippen LogP contribution in [0.1, 0.15) is 0 Å². The van der Waals surface area contributed by atoms with Crippen molar-refractivity contribution < 1.29 is 4.79 Å². The highest BCUT2D eigenvalue weighted by molar-refractivity contribution is 5.83. The van der Waals surface area contributed by atoms with Gasteiger partial charge in [0.25, 0.3) is 0 Å². The second-order valence-corrected chi connectivity index (χ2v) is 9.22. The molecule has 0 bridgehead atoms. The zero-order valence-electron chi connectivity index (χ0n) is 20.8. The van der Waals surface area contributed by atoms with Crippen molar-refractivity contribution in [2.75, 3.05) is 0 Å². The van der Waals surface area contributed by atoms with E-state index < -0.39 is 0 Å². The highest BCUT2D eigenvalue weighted by Crippen LogP contribution is 2.32. The predicted molar refractivity (Wildman–Crippen MR) is 151 cm³/mol. The van der Waals surface area contributed by atoms with Crippen molar-refractivity contribution in [3.63, 3.8) is 0 Å². The summed E-state index contributed by atoms with van der Waals surface area (Å²) in [5.41, 5.74) is 8.29. The Morgan fingerprint density at radius 1 is 0.500 bits per heavy atom. The van der Waals surface area contributed by atoms with E-state index in [1.165, 1.54) is 0 Å². The summed E-state index contributed by atoms with van der Waals surface area (Å²) in [6, 6.07) is 37.0. The molecule has 0 saturated carbocycles. The van der Waals surface area contributed by atoms with E-state index >= 15 is 0 Å². The van der Waals surface area contributed by atoms with Crippen molar-refractivity contribution in [2.24, 2.45) is 0 Å². The Morgan fingerprint density at radius 3 is 1.29 bits per heavy atom. The third-order valence-corrected chi connectivity index (χ3v) is 6.56. The van der Waals surface area contributed by atoms with E-state index in [4.69, 9.17) is 0 Å². The van der Waals surface area contributed by atoms with Gasteiger partial charge in [-0.25, -0.2) is 9.97 Å². The molecule has 0 aliphatic heterocycles. The molecule has 0 spiro atoms. The molecule has 0 unspecified atom stereocenters. The summed E-state index contributed by atoms with van der Waals surface area (Å²) in [7, 11) is 0. The summed E-state index contributed by atoms with van der Waals surface area (Å²) < 4.78 is 3.70. The maximum atomic E-state index is 13.0. The van der Waals surface area contributed by atoms with E-state index in [0.29, 0.717) is 0 Å². The zero-order chi connectivity index (χ0) is 25.7. The smallest absolute Gasteiger partial charge is 0.172 e. The van der Waals surface area contributed by atoms with E-state index in [1.807, 2.05) is 82.2 Å². The largest absolute Gasteiger partial charge is 0.329 e. The predicted octanol–water partition coefficient (Wildman–Crippen LogP) is 7.02. The first-order valence-corrected chi connectivity index (χ1v) is 12.6. The average Bonchev–Trinajstić information content (AvgIpc) is 3.64. The zero-order valence-corrected chi connectivity index (χ0v) is 20.8. The summed E-state index contributed by atoms with van der Waals surface area (Å²) in [6.45, 7) is 0.489. The van der Waals surface area contributed by atoms with Gasteiger partial charge in [0, 0.05) is 23.5 Å². The van der Waals surface area contributed by atoms with Crippen LogP contribution in [0.5, 0.6) is 0 Å². The van der Waals surface area contributed by atoms with Crippen molar-refractivity contribution in [3.05, 3.63) is 134 Å². The topological polar surface area (TPSA) is 52.7 Å². The number of aromatic nitrogens is 4. The molecule has 0 aliphatic rings. The van der Waals surface area contributed by atoms with E-state index in [-0.39, 0.29) is 18.9 Å². The van der Waals surface area contributed by atoms with Crippen LogP contribution in [0.4, 0.5) is 0 Å². The van der Waals surface area contributed by atoms with Gasteiger partial charge in [-0.15, -0.1) is 0 Å². The van der Waals surface area contributed by atoms with Crippen molar-refractivity contribution in [1.29, 1.82) is 0 Å². The van der Waals surface area contributed by atoms with Gasteiger partial charge in [0.15, 0.2) is 5.78 Å². The lowest BCUT2D eigenvalue weighted by Gasteiger charge is -2.08. The van der Waals surface area contributed by atoms with Crippen LogP contribution in [0.2, 0.25) is 0 Å². The molecule has 0 aliphatic carbocycles. The highest BCUT2D eigenvalue weighted by atomic mass is 16.1. The second kappa shape index (κ2) is 10.5. The minimum Gasteiger partial charge on any atom is -0.329 e. The number of carbonyl (C=O) groups excluding carboxylic acids is 1.